The number of hydrogen-bond acceptors (Lipinski definition) is 3. The number of amides is 1. The third kappa shape index (κ3) is 4.86. The number of carboxylic acid groups (broad SMARTS) is 1. The zero-order valence-electron chi connectivity index (χ0n) is 13.2. The minimum absolute atomic E-state index is 0.0412. The number of carbonyl (C=O) groups is 2. The highest BCUT2D eigenvalue weighted by Gasteiger charge is 2.21. The highest BCUT2D eigenvalue weighted by Crippen LogP contribution is 2.12. The van der Waals surface area contributed by atoms with Crippen molar-refractivity contribution in [2.75, 3.05) is 27.2 Å². The molecular formula is C16H24N2O3. The van der Waals surface area contributed by atoms with Crippen molar-refractivity contribution in [3.63, 3.8) is 0 Å². The Labute approximate surface area is 126 Å². The molecule has 1 aromatic carbocycles. The molecule has 1 unspecified atom stereocenters. The van der Waals surface area contributed by atoms with Crippen LogP contribution in [0.4, 0.5) is 0 Å². The summed E-state index contributed by atoms with van der Waals surface area (Å²) in [6, 6.07) is 6.75. The van der Waals surface area contributed by atoms with Gasteiger partial charge in [0.25, 0.3) is 0 Å². The van der Waals surface area contributed by atoms with Crippen molar-refractivity contribution in [3.8, 4) is 0 Å². The first-order valence-electron chi connectivity index (χ1n) is 7.12. The fourth-order valence-electron chi connectivity index (χ4n) is 2.51. The monoisotopic (exact) mass is 292 g/mol. The van der Waals surface area contributed by atoms with Gasteiger partial charge in [0.15, 0.2) is 0 Å². The molecule has 0 fully saturated rings. The van der Waals surface area contributed by atoms with Gasteiger partial charge in [0.05, 0.1) is 12.0 Å². The van der Waals surface area contributed by atoms with Crippen LogP contribution >= 0.6 is 0 Å². The Kier molecular flexibility index (Phi) is 6.37. The number of benzene rings is 1. The van der Waals surface area contributed by atoms with Gasteiger partial charge in [-0.05, 0) is 39.6 Å². The Morgan fingerprint density at radius 1 is 1.24 bits per heavy atom. The number of aromatic carboxylic acids is 1. The van der Waals surface area contributed by atoms with Crippen molar-refractivity contribution < 1.29 is 14.7 Å². The van der Waals surface area contributed by atoms with E-state index in [-0.39, 0.29) is 23.9 Å². The summed E-state index contributed by atoms with van der Waals surface area (Å²) in [4.78, 5) is 27.5. The molecule has 1 atom stereocenters. The van der Waals surface area contributed by atoms with Crippen molar-refractivity contribution in [1.29, 1.82) is 0 Å². The van der Waals surface area contributed by atoms with Gasteiger partial charge in [0.1, 0.15) is 0 Å². The molecule has 1 N–H and O–H groups in total. The smallest absolute Gasteiger partial charge is 0.335 e. The maximum Gasteiger partial charge on any atom is 0.335 e. The second-order valence-corrected chi connectivity index (χ2v) is 5.43. The van der Waals surface area contributed by atoms with E-state index in [2.05, 4.69) is 0 Å². The number of hydrogen-bond donors (Lipinski definition) is 1. The number of carbonyl (C=O) groups excluding carboxylic acids is 1. The van der Waals surface area contributed by atoms with Crippen LogP contribution in [0.2, 0.25) is 0 Å². The molecule has 1 aromatic rings. The first-order chi connectivity index (χ1) is 9.86. The fourth-order valence-corrected chi connectivity index (χ4v) is 2.51. The average Bonchev–Trinajstić information content (AvgIpc) is 2.38. The van der Waals surface area contributed by atoms with E-state index in [1.165, 1.54) is 6.07 Å². The zero-order valence-corrected chi connectivity index (χ0v) is 13.2. The van der Waals surface area contributed by atoms with E-state index in [0.29, 0.717) is 12.1 Å². The predicted molar refractivity (Wildman–Crippen MR) is 82.5 cm³/mol. The van der Waals surface area contributed by atoms with Gasteiger partial charge in [-0.1, -0.05) is 18.2 Å². The van der Waals surface area contributed by atoms with Gasteiger partial charge in [-0.2, -0.15) is 0 Å². The standard InChI is InChI=1S/C16H24N2O3/c1-5-18(12(2)11-17(3)4)15(19)10-13-8-6-7-9-14(13)16(20)21/h6-9,12H,5,10-11H2,1-4H3,(H,20,21). The van der Waals surface area contributed by atoms with Crippen molar-refractivity contribution in [2.24, 2.45) is 0 Å². The quantitative estimate of drug-likeness (QED) is 0.831. The van der Waals surface area contributed by atoms with E-state index >= 15 is 0 Å². The summed E-state index contributed by atoms with van der Waals surface area (Å²) in [5, 5.41) is 9.17. The van der Waals surface area contributed by atoms with Crippen molar-refractivity contribution >= 4 is 11.9 Å². The van der Waals surface area contributed by atoms with Crippen LogP contribution in [0.1, 0.15) is 29.8 Å². The Bertz CT molecular complexity index is 500. The molecule has 21 heavy (non-hydrogen) atoms. The predicted octanol–water partition coefficient (Wildman–Crippen LogP) is 1.73. The number of likely N-dealkylation sites (N-methyl/N-ethyl adjacent to an activating group) is 2. The molecule has 0 spiro atoms. The third-order valence-electron chi connectivity index (χ3n) is 3.41. The second kappa shape index (κ2) is 7.78. The number of nitrogens with zero attached hydrogens (tertiary/aromatic N) is 2. The van der Waals surface area contributed by atoms with Gasteiger partial charge in [-0.3, -0.25) is 4.79 Å². The van der Waals surface area contributed by atoms with Crippen LogP contribution in [0.5, 0.6) is 0 Å². The van der Waals surface area contributed by atoms with Gasteiger partial charge in [0.2, 0.25) is 5.91 Å². The Morgan fingerprint density at radius 3 is 2.38 bits per heavy atom. The molecule has 5 nitrogen and oxygen atoms in total. The largest absolute Gasteiger partial charge is 0.478 e. The highest BCUT2D eigenvalue weighted by molar-refractivity contribution is 5.91. The molecule has 116 valence electrons. The molecule has 0 aliphatic carbocycles. The topological polar surface area (TPSA) is 60.9 Å². The van der Waals surface area contributed by atoms with E-state index in [1.807, 2.05) is 32.8 Å². The molecule has 0 aliphatic heterocycles. The Hall–Kier alpha value is -1.88. The minimum Gasteiger partial charge on any atom is -0.478 e. The molecule has 1 amide bonds. The van der Waals surface area contributed by atoms with E-state index in [9.17, 15) is 14.7 Å². The molecule has 0 radical (unpaired) electrons. The molecule has 5 heteroatoms. The second-order valence-electron chi connectivity index (χ2n) is 5.43. The summed E-state index contributed by atoms with van der Waals surface area (Å²) in [7, 11) is 3.93. The average molecular weight is 292 g/mol. The fraction of sp³-hybridized carbons (Fsp3) is 0.500. The molecular weight excluding hydrogens is 268 g/mol. The maximum absolute atomic E-state index is 12.5. The van der Waals surface area contributed by atoms with Crippen LogP contribution in [0.3, 0.4) is 0 Å². The first kappa shape index (κ1) is 17.2. The Morgan fingerprint density at radius 2 is 1.86 bits per heavy atom. The maximum atomic E-state index is 12.5. The summed E-state index contributed by atoms with van der Waals surface area (Å²) in [6.45, 7) is 5.33. The van der Waals surface area contributed by atoms with Crippen LogP contribution in [-0.4, -0.2) is 60.0 Å². The molecule has 0 aromatic heterocycles. The lowest BCUT2D eigenvalue weighted by atomic mass is 10.0. The van der Waals surface area contributed by atoms with Gasteiger partial charge in [0, 0.05) is 19.1 Å². The summed E-state index contributed by atoms with van der Waals surface area (Å²) < 4.78 is 0. The summed E-state index contributed by atoms with van der Waals surface area (Å²) in [6.07, 6.45) is 0.119. The lowest BCUT2D eigenvalue weighted by molar-refractivity contribution is -0.132. The first-order valence-corrected chi connectivity index (χ1v) is 7.12. The van der Waals surface area contributed by atoms with Gasteiger partial charge in [-0.25, -0.2) is 4.79 Å². The lowest BCUT2D eigenvalue weighted by Crippen LogP contribution is -2.44. The van der Waals surface area contributed by atoms with Crippen molar-refractivity contribution in [1.82, 2.24) is 9.80 Å². The van der Waals surface area contributed by atoms with E-state index < -0.39 is 5.97 Å². The van der Waals surface area contributed by atoms with Crippen LogP contribution in [0, 0.1) is 0 Å². The van der Waals surface area contributed by atoms with Crippen molar-refractivity contribution in [3.05, 3.63) is 35.4 Å². The molecule has 0 bridgehead atoms. The summed E-state index contributed by atoms with van der Waals surface area (Å²) in [5.41, 5.74) is 0.757. The van der Waals surface area contributed by atoms with Gasteiger partial charge in [-0.15, -0.1) is 0 Å². The summed E-state index contributed by atoms with van der Waals surface area (Å²) in [5.74, 6) is -1.04. The molecule has 0 saturated carbocycles. The molecule has 1 rings (SSSR count). The number of carboxylic acids is 1. The van der Waals surface area contributed by atoms with Crippen LogP contribution < -0.4 is 0 Å². The molecule has 0 aliphatic rings. The Balaban J connectivity index is 2.86. The minimum atomic E-state index is -0.997. The van der Waals surface area contributed by atoms with E-state index in [1.54, 1.807) is 23.1 Å². The van der Waals surface area contributed by atoms with Crippen LogP contribution in [0.25, 0.3) is 0 Å². The third-order valence-corrected chi connectivity index (χ3v) is 3.41. The molecule has 0 heterocycles. The summed E-state index contributed by atoms with van der Waals surface area (Å²) >= 11 is 0. The van der Waals surface area contributed by atoms with Crippen LogP contribution in [-0.2, 0) is 11.2 Å². The lowest BCUT2D eigenvalue weighted by Gasteiger charge is -2.30. The highest BCUT2D eigenvalue weighted by atomic mass is 16.4. The zero-order chi connectivity index (χ0) is 16.0. The van der Waals surface area contributed by atoms with Gasteiger partial charge >= 0.3 is 5.97 Å². The van der Waals surface area contributed by atoms with Crippen LogP contribution in [0.15, 0.2) is 24.3 Å². The van der Waals surface area contributed by atoms with E-state index in [0.717, 1.165) is 6.54 Å². The van der Waals surface area contributed by atoms with Crippen molar-refractivity contribution in [2.45, 2.75) is 26.3 Å². The SMILES string of the molecule is CCN(C(=O)Cc1ccccc1C(=O)O)C(C)CN(C)C. The van der Waals surface area contributed by atoms with E-state index in [4.69, 9.17) is 0 Å². The number of rotatable bonds is 7. The van der Waals surface area contributed by atoms with Gasteiger partial charge < -0.3 is 14.9 Å². The molecule has 0 saturated heterocycles. The normalized spacial score (nSPS) is 12.2.